The van der Waals surface area contributed by atoms with Crippen molar-refractivity contribution in [1.29, 1.82) is 0 Å². The van der Waals surface area contributed by atoms with E-state index in [2.05, 4.69) is 123 Å². The lowest BCUT2D eigenvalue weighted by Crippen LogP contribution is -2.47. The van der Waals surface area contributed by atoms with Gasteiger partial charge < -0.3 is 28.5 Å². The molecule has 3 atom stereocenters. The van der Waals surface area contributed by atoms with Crippen LogP contribution in [0.4, 0.5) is 0 Å². The first-order valence-corrected chi connectivity index (χ1v) is 34.7. The van der Waals surface area contributed by atoms with E-state index in [4.69, 9.17) is 13.8 Å². The van der Waals surface area contributed by atoms with Gasteiger partial charge in [0.1, 0.15) is 19.3 Å². The zero-order chi connectivity index (χ0) is 59.3. The first-order valence-electron chi connectivity index (χ1n) is 33.2. The number of phosphoric acid groups is 1. The smallest absolute Gasteiger partial charge is 0.306 e. The Morgan fingerprint density at radius 1 is 0.444 bits per heavy atom. The summed E-state index contributed by atoms with van der Waals surface area (Å²) in [7, 11) is 1.15. The SMILES string of the molecule is CC/C=C\C/C=C\C/C=C\C/C=C\C/C=C\CCCCCC(=O)OC(/C=C\CCCCCCCCCCCCC)C(COP(=O)([O-])OCC[N+](C)(C)C)NC(=O)CCCCCCCCCCCC/C=C\C/C=C\C/C=C\CCCCC. The van der Waals surface area contributed by atoms with Gasteiger partial charge in [-0.2, -0.15) is 0 Å². The molecule has 0 aliphatic rings. The van der Waals surface area contributed by atoms with Crippen molar-refractivity contribution in [3.8, 4) is 0 Å². The van der Waals surface area contributed by atoms with Gasteiger partial charge in [0.05, 0.1) is 33.8 Å². The van der Waals surface area contributed by atoms with Crippen molar-refractivity contribution in [2.45, 2.75) is 290 Å². The molecular weight excluding hydrogens is 1020 g/mol. The van der Waals surface area contributed by atoms with Gasteiger partial charge in [-0.25, -0.2) is 0 Å². The highest BCUT2D eigenvalue weighted by molar-refractivity contribution is 7.45. The summed E-state index contributed by atoms with van der Waals surface area (Å²) in [6, 6.07) is -0.912. The summed E-state index contributed by atoms with van der Waals surface area (Å²) < 4.78 is 30.4. The molecule has 0 bridgehead atoms. The standard InChI is InChI=1S/C71H125N2O7P/c1-7-10-13-16-19-22-25-28-30-32-34-35-36-37-39-40-42-45-48-51-54-57-60-63-70(74)72-68(67-79-81(76,77)78-66-65-73(4,5)6)69(62-59-56-53-50-47-44-27-24-21-18-15-12-9-3)80-71(75)64-61-58-55-52-49-46-43-41-38-33-31-29-26-23-20-17-14-11-8-2/h11,14,19-20,22-23,28-31,34-35,38,41,46,49,59,62,68-69H,7-10,12-13,15-18,21,24-27,32-33,36-37,39-40,42-45,47-48,50-58,60-61,63-67H2,1-6H3,(H-,72,74,76,77)/b14-11-,22-19-,23-20-,30-28-,31-29-,35-34-,41-38-,49-46-,62-59-. The fourth-order valence-electron chi connectivity index (χ4n) is 9.08. The van der Waals surface area contributed by atoms with Gasteiger partial charge in [-0.3, -0.25) is 14.2 Å². The second kappa shape index (κ2) is 59.8. The minimum atomic E-state index is -4.72. The van der Waals surface area contributed by atoms with Crippen LogP contribution in [0.15, 0.2) is 109 Å². The number of hydrogen-bond donors (Lipinski definition) is 1. The van der Waals surface area contributed by atoms with Crippen molar-refractivity contribution in [2.75, 3.05) is 40.9 Å². The normalized spacial score (nSPS) is 14.3. The molecule has 1 amide bonds. The van der Waals surface area contributed by atoms with Crippen molar-refractivity contribution in [1.82, 2.24) is 5.32 Å². The lowest BCUT2D eigenvalue weighted by molar-refractivity contribution is -0.870. The number of phosphoric ester groups is 1. The first kappa shape index (κ1) is 77.7. The maximum Gasteiger partial charge on any atom is 0.306 e. The Morgan fingerprint density at radius 3 is 1.22 bits per heavy atom. The van der Waals surface area contributed by atoms with Crippen LogP contribution in [0.1, 0.15) is 278 Å². The molecule has 0 aromatic rings. The van der Waals surface area contributed by atoms with Gasteiger partial charge in [-0.1, -0.05) is 259 Å². The largest absolute Gasteiger partial charge is 0.756 e. The Labute approximate surface area is 500 Å². The zero-order valence-electron chi connectivity index (χ0n) is 53.2. The van der Waals surface area contributed by atoms with E-state index >= 15 is 0 Å². The van der Waals surface area contributed by atoms with Gasteiger partial charge in [0.25, 0.3) is 7.82 Å². The monoisotopic (exact) mass is 1150 g/mol. The van der Waals surface area contributed by atoms with Gasteiger partial charge in [0.2, 0.25) is 5.91 Å². The zero-order valence-corrected chi connectivity index (χ0v) is 54.1. The number of unbranched alkanes of at least 4 members (excludes halogenated alkanes) is 27. The molecular formula is C71H125N2O7P. The van der Waals surface area contributed by atoms with Crippen LogP contribution in [-0.4, -0.2) is 69.4 Å². The molecule has 0 spiro atoms. The van der Waals surface area contributed by atoms with Crippen molar-refractivity contribution in [2.24, 2.45) is 0 Å². The Kier molecular flexibility index (Phi) is 57.4. The average Bonchev–Trinajstić information content (AvgIpc) is 3.44. The molecule has 0 aliphatic heterocycles. The van der Waals surface area contributed by atoms with Crippen molar-refractivity contribution in [3.05, 3.63) is 109 Å². The highest BCUT2D eigenvalue weighted by atomic mass is 31.2. The molecule has 0 saturated heterocycles. The van der Waals surface area contributed by atoms with Gasteiger partial charge in [-0.15, -0.1) is 0 Å². The van der Waals surface area contributed by atoms with Crippen molar-refractivity contribution < 1.29 is 37.3 Å². The minimum Gasteiger partial charge on any atom is -0.756 e. The quantitative estimate of drug-likeness (QED) is 0.0212. The van der Waals surface area contributed by atoms with E-state index in [1.807, 2.05) is 33.3 Å². The van der Waals surface area contributed by atoms with Crippen LogP contribution in [0.2, 0.25) is 0 Å². The van der Waals surface area contributed by atoms with Crippen LogP contribution in [0, 0.1) is 0 Å². The number of quaternary nitrogens is 1. The molecule has 0 aromatic heterocycles. The van der Waals surface area contributed by atoms with E-state index in [0.29, 0.717) is 23.9 Å². The first-order chi connectivity index (χ1) is 39.4. The average molecular weight is 1150 g/mol. The molecule has 0 heterocycles. The van der Waals surface area contributed by atoms with Crippen LogP contribution in [0.3, 0.4) is 0 Å². The maximum atomic E-state index is 13.6. The summed E-state index contributed by atoms with van der Waals surface area (Å²) in [4.78, 5) is 40.1. The molecule has 81 heavy (non-hydrogen) atoms. The molecule has 0 saturated carbocycles. The Hall–Kier alpha value is -3.33. The third-order valence-corrected chi connectivity index (χ3v) is 15.2. The summed E-state index contributed by atoms with van der Waals surface area (Å²) in [5.41, 5.74) is 0. The Morgan fingerprint density at radius 2 is 0.790 bits per heavy atom. The predicted octanol–water partition coefficient (Wildman–Crippen LogP) is 20.3. The van der Waals surface area contributed by atoms with Gasteiger partial charge in [0, 0.05) is 12.8 Å². The molecule has 0 rings (SSSR count). The fraction of sp³-hybridized carbons (Fsp3) is 0.718. The number of amides is 1. The number of likely N-dealkylation sites (N-methyl/N-ethyl adjacent to an activating group) is 1. The Bertz CT molecular complexity index is 1750. The summed E-state index contributed by atoms with van der Waals surface area (Å²) in [6.45, 7) is 6.68. The molecule has 10 heteroatoms. The fourth-order valence-corrected chi connectivity index (χ4v) is 9.81. The molecule has 0 aromatic carbocycles. The summed E-state index contributed by atoms with van der Waals surface area (Å²) >= 11 is 0. The van der Waals surface area contributed by atoms with E-state index < -0.39 is 26.6 Å². The second-order valence-corrected chi connectivity index (χ2v) is 24.6. The van der Waals surface area contributed by atoms with Crippen LogP contribution in [0.5, 0.6) is 0 Å². The van der Waals surface area contributed by atoms with Gasteiger partial charge >= 0.3 is 5.97 Å². The van der Waals surface area contributed by atoms with Crippen LogP contribution >= 0.6 is 7.82 Å². The summed E-state index contributed by atoms with van der Waals surface area (Å²) in [6.07, 6.45) is 82.0. The van der Waals surface area contributed by atoms with Crippen LogP contribution in [-0.2, 0) is 27.9 Å². The summed E-state index contributed by atoms with van der Waals surface area (Å²) in [5, 5.41) is 3.03. The van der Waals surface area contributed by atoms with Crippen molar-refractivity contribution >= 4 is 19.7 Å². The van der Waals surface area contributed by atoms with Gasteiger partial charge in [-0.05, 0) is 115 Å². The molecule has 0 radical (unpaired) electrons. The molecule has 0 fully saturated rings. The minimum absolute atomic E-state index is 0.0337. The van der Waals surface area contributed by atoms with E-state index in [9.17, 15) is 19.0 Å². The number of rotatable bonds is 59. The van der Waals surface area contributed by atoms with E-state index in [1.54, 1.807) is 0 Å². The number of allylic oxidation sites excluding steroid dienone is 17. The maximum absolute atomic E-state index is 13.6. The molecule has 0 aliphatic carbocycles. The number of nitrogens with zero attached hydrogens (tertiary/aromatic N) is 1. The number of nitrogens with one attached hydrogen (secondary N) is 1. The molecule has 3 unspecified atom stereocenters. The third-order valence-electron chi connectivity index (χ3n) is 14.2. The van der Waals surface area contributed by atoms with E-state index in [-0.39, 0.29) is 24.9 Å². The van der Waals surface area contributed by atoms with Crippen molar-refractivity contribution in [3.63, 3.8) is 0 Å². The molecule has 9 nitrogen and oxygen atoms in total. The predicted molar refractivity (Wildman–Crippen MR) is 348 cm³/mol. The highest BCUT2D eigenvalue weighted by Gasteiger charge is 2.27. The van der Waals surface area contributed by atoms with E-state index in [1.165, 1.54) is 122 Å². The second-order valence-electron chi connectivity index (χ2n) is 23.2. The summed E-state index contributed by atoms with van der Waals surface area (Å²) in [5.74, 6) is -0.585. The van der Waals surface area contributed by atoms with Crippen LogP contribution in [0.25, 0.3) is 0 Å². The van der Waals surface area contributed by atoms with Crippen LogP contribution < -0.4 is 10.2 Å². The Balaban J connectivity index is 5.27. The van der Waals surface area contributed by atoms with E-state index in [0.717, 1.165) is 116 Å². The molecule has 1 N–H and O–H groups in total. The lowest BCUT2D eigenvalue weighted by Gasteiger charge is -2.30. The number of ether oxygens (including phenoxy) is 1. The number of carbonyl (C=O) groups excluding carboxylic acids is 2. The third kappa shape index (κ3) is 61.1. The number of esters is 1. The topological polar surface area (TPSA) is 114 Å². The molecule has 466 valence electrons. The lowest BCUT2D eigenvalue weighted by atomic mass is 10.0. The highest BCUT2D eigenvalue weighted by Crippen LogP contribution is 2.38. The number of carbonyl (C=O) groups is 2. The van der Waals surface area contributed by atoms with Gasteiger partial charge in [0.15, 0.2) is 0 Å². The number of hydrogen-bond acceptors (Lipinski definition) is 7.